The Morgan fingerprint density at radius 3 is 2.52 bits per heavy atom. The number of nitrogens with zero attached hydrogens (tertiary/aromatic N) is 1. The summed E-state index contributed by atoms with van der Waals surface area (Å²) in [4.78, 5) is 14.3. The number of hydrogen-bond donors (Lipinski definition) is 1. The van der Waals surface area contributed by atoms with E-state index in [0.29, 0.717) is 18.2 Å². The summed E-state index contributed by atoms with van der Waals surface area (Å²) >= 11 is 0. The van der Waals surface area contributed by atoms with Gasteiger partial charge in [0.25, 0.3) is 5.91 Å². The van der Waals surface area contributed by atoms with Gasteiger partial charge in [0.05, 0.1) is 17.6 Å². The molecule has 1 saturated heterocycles. The van der Waals surface area contributed by atoms with Gasteiger partial charge in [-0.3, -0.25) is 4.79 Å². The van der Waals surface area contributed by atoms with Crippen molar-refractivity contribution >= 4 is 15.9 Å². The molecule has 1 fully saturated rings. The number of likely N-dealkylation sites (tertiary alicyclic amines) is 1. The highest BCUT2D eigenvalue weighted by molar-refractivity contribution is 7.89. The molecule has 0 radical (unpaired) electrons. The summed E-state index contributed by atoms with van der Waals surface area (Å²) in [6, 6.07) is 4.19. The van der Waals surface area contributed by atoms with Crippen LogP contribution in [0.4, 0.5) is 0 Å². The van der Waals surface area contributed by atoms with Crippen LogP contribution in [0.1, 0.15) is 30.6 Å². The third-order valence-electron chi connectivity index (χ3n) is 3.77. The van der Waals surface area contributed by atoms with Gasteiger partial charge in [-0.2, -0.15) is 0 Å². The molecule has 21 heavy (non-hydrogen) atoms. The first kappa shape index (κ1) is 15.8. The number of ether oxygens (including phenoxy) is 1. The van der Waals surface area contributed by atoms with E-state index in [4.69, 9.17) is 9.88 Å². The van der Waals surface area contributed by atoms with Gasteiger partial charge in [-0.1, -0.05) is 6.92 Å². The Morgan fingerprint density at radius 2 is 2.05 bits per heavy atom. The van der Waals surface area contributed by atoms with Crippen LogP contribution in [-0.4, -0.2) is 38.9 Å². The number of methoxy groups -OCH3 is 1. The molecule has 0 bridgehead atoms. The van der Waals surface area contributed by atoms with Gasteiger partial charge in [-0.15, -0.1) is 0 Å². The summed E-state index contributed by atoms with van der Waals surface area (Å²) in [6.07, 6.45) is 0.933. The van der Waals surface area contributed by atoms with Crippen molar-refractivity contribution in [1.29, 1.82) is 0 Å². The van der Waals surface area contributed by atoms with Crippen LogP contribution >= 0.6 is 0 Å². The first-order valence-corrected chi connectivity index (χ1v) is 8.30. The fourth-order valence-corrected chi connectivity index (χ4v) is 3.31. The van der Waals surface area contributed by atoms with E-state index in [1.54, 1.807) is 4.90 Å². The van der Waals surface area contributed by atoms with Gasteiger partial charge in [0.15, 0.2) is 0 Å². The van der Waals surface area contributed by atoms with E-state index in [-0.39, 0.29) is 22.4 Å². The highest BCUT2D eigenvalue weighted by atomic mass is 32.2. The predicted octanol–water partition coefficient (Wildman–Crippen LogP) is 1.21. The molecular formula is C14H20N2O4S. The van der Waals surface area contributed by atoms with E-state index in [0.717, 1.165) is 6.42 Å². The lowest BCUT2D eigenvalue weighted by atomic mass is 10.1. The van der Waals surface area contributed by atoms with Crippen molar-refractivity contribution in [2.45, 2.75) is 31.2 Å². The van der Waals surface area contributed by atoms with E-state index in [2.05, 4.69) is 6.92 Å². The third-order valence-corrected chi connectivity index (χ3v) is 4.69. The zero-order valence-electron chi connectivity index (χ0n) is 12.4. The molecule has 0 aliphatic carbocycles. The zero-order valence-corrected chi connectivity index (χ0v) is 13.2. The van der Waals surface area contributed by atoms with Crippen LogP contribution in [0.25, 0.3) is 0 Å². The molecule has 6 nitrogen and oxygen atoms in total. The van der Waals surface area contributed by atoms with E-state index < -0.39 is 10.0 Å². The second-order valence-electron chi connectivity index (χ2n) is 5.55. The normalized spacial score (nSPS) is 22.4. The number of rotatable bonds is 3. The van der Waals surface area contributed by atoms with Crippen molar-refractivity contribution in [3.05, 3.63) is 23.8 Å². The third kappa shape index (κ3) is 3.19. The number of carbonyl (C=O) groups is 1. The summed E-state index contributed by atoms with van der Waals surface area (Å²) in [5, 5.41) is 5.13. The first-order valence-electron chi connectivity index (χ1n) is 6.76. The lowest BCUT2D eigenvalue weighted by Gasteiger charge is -2.22. The lowest BCUT2D eigenvalue weighted by molar-refractivity contribution is 0.0740. The minimum atomic E-state index is -3.86. The number of nitrogens with two attached hydrogens (primary N) is 1. The van der Waals surface area contributed by atoms with E-state index in [1.807, 2.05) is 6.92 Å². The van der Waals surface area contributed by atoms with Gasteiger partial charge in [0.2, 0.25) is 10.0 Å². The Kier molecular flexibility index (Phi) is 4.25. The molecule has 2 unspecified atom stereocenters. The molecule has 1 aromatic carbocycles. The standard InChI is InChI=1S/C14H20N2O4S/c1-9-6-10(2)16(8-9)14(17)12-7-11(21(15,18)19)4-5-13(12)20-3/h4-5,7,9-10H,6,8H2,1-3H3,(H2,15,18,19). The van der Waals surface area contributed by atoms with E-state index >= 15 is 0 Å². The van der Waals surface area contributed by atoms with Gasteiger partial charge in [-0.25, -0.2) is 13.6 Å². The maximum Gasteiger partial charge on any atom is 0.257 e. The average Bonchev–Trinajstić information content (AvgIpc) is 2.75. The molecule has 116 valence electrons. The minimum absolute atomic E-state index is 0.0912. The molecular weight excluding hydrogens is 292 g/mol. The molecule has 1 aliphatic rings. The molecule has 7 heteroatoms. The topological polar surface area (TPSA) is 89.7 Å². The van der Waals surface area contributed by atoms with Crippen molar-refractivity contribution < 1.29 is 17.9 Å². The Hall–Kier alpha value is -1.60. The van der Waals surface area contributed by atoms with Crippen LogP contribution in [0.3, 0.4) is 0 Å². The van der Waals surface area contributed by atoms with Gasteiger partial charge in [-0.05, 0) is 37.5 Å². The maximum absolute atomic E-state index is 12.7. The smallest absolute Gasteiger partial charge is 0.257 e. The number of benzene rings is 1. The molecule has 2 N–H and O–H groups in total. The van der Waals surface area contributed by atoms with Crippen molar-refractivity contribution in [1.82, 2.24) is 4.90 Å². The van der Waals surface area contributed by atoms with Crippen LogP contribution in [0.5, 0.6) is 5.75 Å². The van der Waals surface area contributed by atoms with E-state index in [9.17, 15) is 13.2 Å². The Bertz CT molecular complexity index is 657. The van der Waals surface area contributed by atoms with Gasteiger partial charge in [0, 0.05) is 12.6 Å². The molecule has 0 saturated carbocycles. The SMILES string of the molecule is COc1ccc(S(N)(=O)=O)cc1C(=O)N1CC(C)CC1C. The summed E-state index contributed by atoms with van der Waals surface area (Å²) in [5.41, 5.74) is 0.227. The molecule has 1 aromatic rings. The molecule has 2 atom stereocenters. The summed E-state index contributed by atoms with van der Waals surface area (Å²) in [5.74, 6) is 0.546. The predicted molar refractivity (Wildman–Crippen MR) is 78.6 cm³/mol. The maximum atomic E-state index is 12.7. The van der Waals surface area contributed by atoms with Crippen LogP contribution in [0.15, 0.2) is 23.1 Å². The number of primary sulfonamides is 1. The van der Waals surface area contributed by atoms with Crippen LogP contribution in [0, 0.1) is 5.92 Å². The van der Waals surface area contributed by atoms with Crippen LogP contribution < -0.4 is 9.88 Å². The fraction of sp³-hybridized carbons (Fsp3) is 0.500. The summed E-state index contributed by atoms with van der Waals surface area (Å²) < 4.78 is 28.1. The molecule has 1 heterocycles. The molecule has 2 rings (SSSR count). The molecule has 0 aromatic heterocycles. The second kappa shape index (κ2) is 5.65. The largest absolute Gasteiger partial charge is 0.496 e. The monoisotopic (exact) mass is 312 g/mol. The Labute approximate surface area is 124 Å². The number of amides is 1. The second-order valence-corrected chi connectivity index (χ2v) is 7.12. The molecule has 1 aliphatic heterocycles. The van der Waals surface area contributed by atoms with Crippen molar-refractivity contribution in [2.75, 3.05) is 13.7 Å². The van der Waals surface area contributed by atoms with Gasteiger partial charge >= 0.3 is 0 Å². The fourth-order valence-electron chi connectivity index (χ4n) is 2.77. The van der Waals surface area contributed by atoms with Crippen molar-refractivity contribution in [3.63, 3.8) is 0 Å². The van der Waals surface area contributed by atoms with Crippen molar-refractivity contribution in [3.8, 4) is 5.75 Å². The number of carbonyl (C=O) groups excluding carboxylic acids is 1. The van der Waals surface area contributed by atoms with Crippen molar-refractivity contribution in [2.24, 2.45) is 11.1 Å². The Morgan fingerprint density at radius 1 is 1.38 bits per heavy atom. The highest BCUT2D eigenvalue weighted by Crippen LogP contribution is 2.28. The molecule has 1 amide bonds. The summed E-state index contributed by atoms with van der Waals surface area (Å²) in [6.45, 7) is 4.72. The zero-order chi connectivity index (χ0) is 15.8. The van der Waals surface area contributed by atoms with Crippen LogP contribution in [-0.2, 0) is 10.0 Å². The number of hydrogen-bond acceptors (Lipinski definition) is 4. The van der Waals surface area contributed by atoms with E-state index in [1.165, 1.54) is 25.3 Å². The highest BCUT2D eigenvalue weighted by Gasteiger charge is 2.32. The first-order chi connectivity index (χ1) is 9.74. The summed E-state index contributed by atoms with van der Waals surface area (Å²) in [7, 11) is -2.41. The quantitative estimate of drug-likeness (QED) is 0.908. The lowest BCUT2D eigenvalue weighted by Crippen LogP contribution is -2.34. The molecule has 0 spiro atoms. The number of sulfonamides is 1. The van der Waals surface area contributed by atoms with Gasteiger partial charge in [0.1, 0.15) is 5.75 Å². The van der Waals surface area contributed by atoms with Gasteiger partial charge < -0.3 is 9.64 Å². The minimum Gasteiger partial charge on any atom is -0.496 e. The van der Waals surface area contributed by atoms with Crippen LogP contribution in [0.2, 0.25) is 0 Å². The Balaban J connectivity index is 2.44. The average molecular weight is 312 g/mol.